The molecule has 17 heavy (non-hydrogen) atoms. The molecule has 1 aromatic carbocycles. The molecule has 0 spiro atoms. The maximum atomic E-state index is 5.90. The van der Waals surface area contributed by atoms with Gasteiger partial charge in [-0.15, -0.1) is 0 Å². The molecular formula is C13H16ClN3. The SMILES string of the molecule is CCCc1nccn1Cc1ccc(Cl)c(N)c1. The molecule has 1 aromatic heterocycles. The van der Waals surface area contributed by atoms with Crippen molar-refractivity contribution in [3.63, 3.8) is 0 Å². The number of hydrogen-bond donors (Lipinski definition) is 1. The summed E-state index contributed by atoms with van der Waals surface area (Å²) in [7, 11) is 0. The van der Waals surface area contributed by atoms with Crippen LogP contribution in [0.1, 0.15) is 24.7 Å². The predicted molar refractivity (Wildman–Crippen MR) is 71.2 cm³/mol. The first-order valence-corrected chi connectivity index (χ1v) is 6.12. The van der Waals surface area contributed by atoms with Crippen LogP contribution >= 0.6 is 11.6 Å². The van der Waals surface area contributed by atoms with Gasteiger partial charge in [-0.2, -0.15) is 0 Å². The van der Waals surface area contributed by atoms with Crippen molar-refractivity contribution in [2.24, 2.45) is 0 Å². The average Bonchev–Trinajstić information content (AvgIpc) is 2.72. The number of imidazole rings is 1. The molecular weight excluding hydrogens is 234 g/mol. The van der Waals surface area contributed by atoms with E-state index < -0.39 is 0 Å². The third kappa shape index (κ3) is 2.80. The van der Waals surface area contributed by atoms with Crippen LogP contribution in [0.2, 0.25) is 5.02 Å². The van der Waals surface area contributed by atoms with E-state index in [1.165, 1.54) is 0 Å². The van der Waals surface area contributed by atoms with Crippen LogP contribution < -0.4 is 5.73 Å². The van der Waals surface area contributed by atoms with Crippen molar-refractivity contribution in [1.29, 1.82) is 0 Å². The van der Waals surface area contributed by atoms with Gasteiger partial charge in [0.05, 0.1) is 10.7 Å². The van der Waals surface area contributed by atoms with Gasteiger partial charge in [-0.1, -0.05) is 24.6 Å². The number of aryl methyl sites for hydroxylation is 1. The van der Waals surface area contributed by atoms with Crippen molar-refractivity contribution in [1.82, 2.24) is 9.55 Å². The zero-order valence-electron chi connectivity index (χ0n) is 9.86. The molecule has 0 fully saturated rings. The highest BCUT2D eigenvalue weighted by Crippen LogP contribution is 2.20. The molecule has 2 N–H and O–H groups in total. The Morgan fingerprint density at radius 1 is 1.41 bits per heavy atom. The molecule has 0 aliphatic rings. The van der Waals surface area contributed by atoms with Crippen LogP contribution in [0.4, 0.5) is 5.69 Å². The van der Waals surface area contributed by atoms with Crippen molar-refractivity contribution in [2.75, 3.05) is 5.73 Å². The average molecular weight is 250 g/mol. The van der Waals surface area contributed by atoms with Gasteiger partial charge in [0.15, 0.2) is 0 Å². The Morgan fingerprint density at radius 2 is 2.24 bits per heavy atom. The van der Waals surface area contributed by atoms with Crippen molar-refractivity contribution in [3.05, 3.63) is 47.0 Å². The molecule has 0 unspecified atom stereocenters. The van der Waals surface area contributed by atoms with Gasteiger partial charge < -0.3 is 10.3 Å². The summed E-state index contributed by atoms with van der Waals surface area (Å²) in [4.78, 5) is 4.35. The van der Waals surface area contributed by atoms with Crippen LogP contribution in [-0.4, -0.2) is 9.55 Å². The first-order valence-electron chi connectivity index (χ1n) is 5.74. The lowest BCUT2D eigenvalue weighted by Gasteiger charge is -2.08. The van der Waals surface area contributed by atoms with Crippen LogP contribution in [0.25, 0.3) is 0 Å². The lowest BCUT2D eigenvalue weighted by atomic mass is 10.2. The van der Waals surface area contributed by atoms with Gasteiger partial charge in [0.25, 0.3) is 0 Å². The van der Waals surface area contributed by atoms with Gasteiger partial charge >= 0.3 is 0 Å². The van der Waals surface area contributed by atoms with Crippen LogP contribution in [0.3, 0.4) is 0 Å². The zero-order chi connectivity index (χ0) is 12.3. The number of anilines is 1. The minimum absolute atomic E-state index is 0.605. The number of benzene rings is 1. The molecule has 2 aromatic rings. The second-order valence-corrected chi connectivity index (χ2v) is 4.48. The second kappa shape index (κ2) is 5.23. The van der Waals surface area contributed by atoms with Gasteiger partial charge in [0.2, 0.25) is 0 Å². The second-order valence-electron chi connectivity index (χ2n) is 4.08. The molecule has 3 nitrogen and oxygen atoms in total. The third-order valence-electron chi connectivity index (χ3n) is 2.69. The third-order valence-corrected chi connectivity index (χ3v) is 3.03. The summed E-state index contributed by atoms with van der Waals surface area (Å²) < 4.78 is 2.15. The highest BCUT2D eigenvalue weighted by molar-refractivity contribution is 6.33. The minimum atomic E-state index is 0.605. The van der Waals surface area contributed by atoms with Gasteiger partial charge in [-0.05, 0) is 24.1 Å². The van der Waals surface area contributed by atoms with E-state index in [2.05, 4.69) is 16.5 Å². The molecule has 0 aliphatic carbocycles. The van der Waals surface area contributed by atoms with E-state index in [-0.39, 0.29) is 0 Å². The minimum Gasteiger partial charge on any atom is -0.398 e. The lowest BCUT2D eigenvalue weighted by molar-refractivity contribution is 0.705. The van der Waals surface area contributed by atoms with Crippen LogP contribution in [-0.2, 0) is 13.0 Å². The number of rotatable bonds is 4. The molecule has 0 bridgehead atoms. The van der Waals surface area contributed by atoms with Gasteiger partial charge in [-0.3, -0.25) is 0 Å². The maximum absolute atomic E-state index is 5.90. The van der Waals surface area contributed by atoms with Crippen LogP contribution in [0.15, 0.2) is 30.6 Å². The highest BCUT2D eigenvalue weighted by Gasteiger charge is 2.04. The van der Waals surface area contributed by atoms with Crippen LogP contribution in [0.5, 0.6) is 0 Å². The molecule has 1 heterocycles. The lowest BCUT2D eigenvalue weighted by Crippen LogP contribution is -2.04. The topological polar surface area (TPSA) is 43.8 Å². The Bertz CT molecular complexity index is 505. The fourth-order valence-corrected chi connectivity index (χ4v) is 1.94. The summed E-state index contributed by atoms with van der Waals surface area (Å²) in [5, 5.41) is 0.605. The van der Waals surface area contributed by atoms with E-state index in [1.54, 1.807) is 0 Å². The molecule has 2 rings (SSSR count). The summed E-state index contributed by atoms with van der Waals surface area (Å²) in [6.45, 7) is 2.94. The van der Waals surface area contributed by atoms with Crippen molar-refractivity contribution in [2.45, 2.75) is 26.3 Å². The van der Waals surface area contributed by atoms with Crippen molar-refractivity contribution < 1.29 is 0 Å². The van der Waals surface area contributed by atoms with E-state index in [0.717, 1.165) is 30.8 Å². The molecule has 0 atom stereocenters. The predicted octanol–water partition coefficient (Wildman–Crippen LogP) is 3.12. The molecule has 0 aliphatic heterocycles. The van der Waals surface area contributed by atoms with Crippen LogP contribution in [0, 0.1) is 0 Å². The Morgan fingerprint density at radius 3 is 2.94 bits per heavy atom. The Hall–Kier alpha value is -1.48. The molecule has 0 saturated carbocycles. The van der Waals surface area contributed by atoms with Gasteiger partial charge in [0.1, 0.15) is 5.82 Å². The molecule has 0 amide bonds. The van der Waals surface area contributed by atoms with Crippen molar-refractivity contribution in [3.8, 4) is 0 Å². The number of aromatic nitrogens is 2. The van der Waals surface area contributed by atoms with Crippen molar-refractivity contribution >= 4 is 17.3 Å². The summed E-state index contributed by atoms with van der Waals surface area (Å²) in [5.74, 6) is 1.11. The monoisotopic (exact) mass is 249 g/mol. The Labute approximate surface area is 106 Å². The van der Waals surface area contributed by atoms with Gasteiger partial charge in [0, 0.05) is 25.4 Å². The van der Waals surface area contributed by atoms with Gasteiger partial charge in [-0.25, -0.2) is 4.98 Å². The molecule has 0 saturated heterocycles. The van der Waals surface area contributed by atoms with E-state index in [9.17, 15) is 0 Å². The summed E-state index contributed by atoms with van der Waals surface area (Å²) in [6, 6.07) is 5.75. The summed E-state index contributed by atoms with van der Waals surface area (Å²) in [5.41, 5.74) is 7.56. The Balaban J connectivity index is 2.19. The number of nitrogen functional groups attached to an aromatic ring is 1. The number of nitrogens with two attached hydrogens (primary N) is 1. The van der Waals surface area contributed by atoms with E-state index in [1.807, 2.05) is 30.6 Å². The van der Waals surface area contributed by atoms with E-state index in [4.69, 9.17) is 17.3 Å². The normalized spacial score (nSPS) is 10.7. The standard InChI is InChI=1S/C13H16ClN3/c1-2-3-13-16-6-7-17(13)9-10-4-5-11(14)12(15)8-10/h4-8H,2-3,9,15H2,1H3. The zero-order valence-corrected chi connectivity index (χ0v) is 10.6. The smallest absolute Gasteiger partial charge is 0.108 e. The molecule has 90 valence electrons. The number of nitrogens with zero attached hydrogens (tertiary/aromatic N) is 2. The quantitative estimate of drug-likeness (QED) is 0.846. The van der Waals surface area contributed by atoms with E-state index in [0.29, 0.717) is 10.7 Å². The summed E-state index contributed by atoms with van der Waals surface area (Å²) in [6.07, 6.45) is 5.93. The fraction of sp³-hybridized carbons (Fsp3) is 0.308. The Kier molecular flexibility index (Phi) is 3.69. The largest absolute Gasteiger partial charge is 0.398 e. The summed E-state index contributed by atoms with van der Waals surface area (Å²) >= 11 is 5.90. The maximum Gasteiger partial charge on any atom is 0.108 e. The molecule has 4 heteroatoms. The highest BCUT2D eigenvalue weighted by atomic mass is 35.5. The fourth-order valence-electron chi connectivity index (χ4n) is 1.82. The molecule has 0 radical (unpaired) electrons. The first-order chi connectivity index (χ1) is 8.20. The van der Waals surface area contributed by atoms with E-state index >= 15 is 0 Å². The number of hydrogen-bond acceptors (Lipinski definition) is 2. The first kappa shape index (κ1) is 12.0. The number of halogens is 1.